The van der Waals surface area contributed by atoms with Crippen molar-refractivity contribution in [3.05, 3.63) is 0 Å². The smallest absolute Gasteiger partial charge is 0.305 e. The summed E-state index contributed by atoms with van der Waals surface area (Å²) in [6.07, 6.45) is 19.2. The van der Waals surface area contributed by atoms with Gasteiger partial charge in [0, 0.05) is 19.4 Å². The first kappa shape index (κ1) is 27.9. The van der Waals surface area contributed by atoms with Gasteiger partial charge in [0.2, 0.25) is 5.91 Å². The first-order valence-electron chi connectivity index (χ1n) is 12.5. The Kier molecular flexibility index (Phi) is 20.9. The van der Waals surface area contributed by atoms with Crippen molar-refractivity contribution in [2.24, 2.45) is 5.92 Å². The third-order valence-electron chi connectivity index (χ3n) is 5.33. The van der Waals surface area contributed by atoms with Gasteiger partial charge in [0.15, 0.2) is 0 Å². The monoisotopic (exact) mass is 411 g/mol. The number of hydrogen-bond acceptors (Lipinski definition) is 3. The van der Waals surface area contributed by atoms with E-state index in [4.69, 9.17) is 4.74 Å². The largest absolute Gasteiger partial charge is 0.466 e. The molecule has 0 unspecified atom stereocenters. The molecular weight excluding hydrogens is 362 g/mol. The first-order valence-corrected chi connectivity index (χ1v) is 12.5. The van der Waals surface area contributed by atoms with Gasteiger partial charge in [-0.05, 0) is 31.6 Å². The summed E-state index contributed by atoms with van der Waals surface area (Å²) in [5, 5.41) is 2.97. The summed E-state index contributed by atoms with van der Waals surface area (Å²) in [5.74, 6) is 0.519. The second kappa shape index (κ2) is 21.6. The fourth-order valence-corrected chi connectivity index (χ4v) is 3.43. The second-order valence-corrected chi connectivity index (χ2v) is 8.85. The lowest BCUT2D eigenvalue weighted by atomic mass is 10.1. The van der Waals surface area contributed by atoms with Crippen LogP contribution < -0.4 is 5.32 Å². The maximum atomic E-state index is 11.8. The maximum absolute atomic E-state index is 11.8. The minimum absolute atomic E-state index is 0.0562. The van der Waals surface area contributed by atoms with Gasteiger partial charge in [-0.2, -0.15) is 0 Å². The molecule has 1 N–H and O–H groups in total. The molecule has 0 rings (SSSR count). The zero-order valence-electron chi connectivity index (χ0n) is 19.7. The van der Waals surface area contributed by atoms with E-state index in [1.807, 2.05) is 0 Å². The summed E-state index contributed by atoms with van der Waals surface area (Å²) < 4.78 is 5.19. The van der Waals surface area contributed by atoms with E-state index in [-0.39, 0.29) is 11.9 Å². The number of esters is 1. The van der Waals surface area contributed by atoms with Crippen LogP contribution in [-0.4, -0.2) is 25.0 Å². The molecule has 0 aliphatic carbocycles. The van der Waals surface area contributed by atoms with E-state index in [2.05, 4.69) is 26.1 Å². The number of rotatable bonds is 21. The molecule has 0 heterocycles. The SMILES string of the molecule is CCCCCCCCCCCCCCNC(=O)CCCC(=O)OCCCC(C)C. The quantitative estimate of drug-likeness (QED) is 0.164. The molecule has 0 saturated heterocycles. The van der Waals surface area contributed by atoms with Crippen molar-refractivity contribution in [2.75, 3.05) is 13.2 Å². The Morgan fingerprint density at radius 3 is 1.83 bits per heavy atom. The molecule has 0 aliphatic rings. The topological polar surface area (TPSA) is 55.4 Å². The van der Waals surface area contributed by atoms with Crippen LogP contribution in [0.25, 0.3) is 0 Å². The average Bonchev–Trinajstić information content (AvgIpc) is 2.68. The highest BCUT2D eigenvalue weighted by molar-refractivity contribution is 5.76. The molecule has 0 fully saturated rings. The number of ether oxygens (including phenoxy) is 1. The summed E-state index contributed by atoms with van der Waals surface area (Å²) in [5.41, 5.74) is 0. The van der Waals surface area contributed by atoms with Crippen molar-refractivity contribution in [1.29, 1.82) is 0 Å². The molecule has 0 aliphatic heterocycles. The van der Waals surface area contributed by atoms with E-state index in [1.165, 1.54) is 70.6 Å². The van der Waals surface area contributed by atoms with Gasteiger partial charge in [0.1, 0.15) is 0 Å². The van der Waals surface area contributed by atoms with Crippen LogP contribution in [0.1, 0.15) is 130 Å². The Labute approximate surface area is 180 Å². The summed E-state index contributed by atoms with van der Waals surface area (Å²) in [4.78, 5) is 23.4. The van der Waals surface area contributed by atoms with Gasteiger partial charge < -0.3 is 10.1 Å². The summed E-state index contributed by atoms with van der Waals surface area (Å²) in [7, 11) is 0. The maximum Gasteiger partial charge on any atom is 0.305 e. The van der Waals surface area contributed by atoms with Crippen molar-refractivity contribution in [3.63, 3.8) is 0 Å². The average molecular weight is 412 g/mol. The Balaban J connectivity index is 3.28. The Morgan fingerprint density at radius 2 is 1.28 bits per heavy atom. The molecule has 0 spiro atoms. The summed E-state index contributed by atoms with van der Waals surface area (Å²) in [6, 6.07) is 0. The van der Waals surface area contributed by atoms with Gasteiger partial charge in [-0.15, -0.1) is 0 Å². The zero-order valence-corrected chi connectivity index (χ0v) is 19.7. The van der Waals surface area contributed by atoms with Crippen molar-refractivity contribution in [1.82, 2.24) is 5.32 Å². The molecule has 172 valence electrons. The van der Waals surface area contributed by atoms with Crippen molar-refractivity contribution >= 4 is 11.9 Å². The van der Waals surface area contributed by atoms with E-state index in [9.17, 15) is 9.59 Å². The fraction of sp³-hybridized carbons (Fsp3) is 0.920. The van der Waals surface area contributed by atoms with Crippen LogP contribution in [0.4, 0.5) is 0 Å². The normalized spacial score (nSPS) is 11.0. The predicted molar refractivity (Wildman–Crippen MR) is 123 cm³/mol. The summed E-state index contributed by atoms with van der Waals surface area (Å²) in [6.45, 7) is 7.86. The Bertz CT molecular complexity index is 382. The van der Waals surface area contributed by atoms with Crippen LogP contribution in [0.15, 0.2) is 0 Å². The van der Waals surface area contributed by atoms with E-state index >= 15 is 0 Å². The van der Waals surface area contributed by atoms with E-state index in [0.717, 1.165) is 25.8 Å². The van der Waals surface area contributed by atoms with E-state index < -0.39 is 0 Å². The summed E-state index contributed by atoms with van der Waals surface area (Å²) >= 11 is 0. The molecule has 0 bridgehead atoms. The van der Waals surface area contributed by atoms with Crippen LogP contribution in [0.2, 0.25) is 0 Å². The lowest BCUT2D eigenvalue weighted by Crippen LogP contribution is -2.24. The second-order valence-electron chi connectivity index (χ2n) is 8.85. The first-order chi connectivity index (χ1) is 14.1. The number of hydrogen-bond donors (Lipinski definition) is 1. The number of nitrogens with one attached hydrogen (secondary N) is 1. The third-order valence-corrected chi connectivity index (χ3v) is 5.33. The Morgan fingerprint density at radius 1 is 0.724 bits per heavy atom. The molecule has 1 amide bonds. The zero-order chi connectivity index (χ0) is 21.6. The van der Waals surface area contributed by atoms with Crippen molar-refractivity contribution < 1.29 is 14.3 Å². The number of carbonyl (C=O) groups excluding carboxylic acids is 2. The van der Waals surface area contributed by atoms with Crippen molar-refractivity contribution in [2.45, 2.75) is 130 Å². The van der Waals surface area contributed by atoms with E-state index in [0.29, 0.717) is 31.8 Å². The third kappa shape index (κ3) is 23.1. The number of unbranched alkanes of at least 4 members (excludes halogenated alkanes) is 11. The molecule has 0 radical (unpaired) electrons. The standard InChI is InChI=1S/C25H49NO3/c1-4-5-6-7-8-9-10-11-12-13-14-15-21-26-24(27)19-16-20-25(28)29-22-17-18-23(2)3/h23H,4-22H2,1-3H3,(H,26,27). The predicted octanol–water partition coefficient (Wildman–Crippen LogP) is 6.95. The lowest BCUT2D eigenvalue weighted by Gasteiger charge is -2.07. The Hall–Kier alpha value is -1.06. The van der Waals surface area contributed by atoms with Crippen LogP contribution in [-0.2, 0) is 14.3 Å². The molecule has 0 aromatic heterocycles. The van der Waals surface area contributed by atoms with Gasteiger partial charge in [0.25, 0.3) is 0 Å². The van der Waals surface area contributed by atoms with Crippen LogP contribution in [0, 0.1) is 5.92 Å². The highest BCUT2D eigenvalue weighted by Gasteiger charge is 2.06. The molecule has 0 aromatic rings. The molecule has 4 nitrogen and oxygen atoms in total. The molecule has 4 heteroatoms. The van der Waals surface area contributed by atoms with Crippen molar-refractivity contribution in [3.8, 4) is 0 Å². The number of amides is 1. The van der Waals surface area contributed by atoms with Crippen LogP contribution in [0.5, 0.6) is 0 Å². The van der Waals surface area contributed by atoms with Crippen LogP contribution in [0.3, 0.4) is 0 Å². The van der Waals surface area contributed by atoms with E-state index in [1.54, 1.807) is 0 Å². The van der Waals surface area contributed by atoms with Gasteiger partial charge >= 0.3 is 5.97 Å². The minimum Gasteiger partial charge on any atom is -0.466 e. The minimum atomic E-state index is -0.178. The van der Waals surface area contributed by atoms with Gasteiger partial charge in [-0.25, -0.2) is 0 Å². The molecule has 29 heavy (non-hydrogen) atoms. The van der Waals surface area contributed by atoms with Gasteiger partial charge in [-0.1, -0.05) is 91.4 Å². The van der Waals surface area contributed by atoms with Gasteiger partial charge in [0.05, 0.1) is 6.61 Å². The van der Waals surface area contributed by atoms with Crippen LogP contribution >= 0.6 is 0 Å². The highest BCUT2D eigenvalue weighted by atomic mass is 16.5. The molecule has 0 aromatic carbocycles. The molecule has 0 atom stereocenters. The fourth-order valence-electron chi connectivity index (χ4n) is 3.43. The molecule has 0 saturated carbocycles. The highest BCUT2D eigenvalue weighted by Crippen LogP contribution is 2.11. The lowest BCUT2D eigenvalue weighted by molar-refractivity contribution is -0.144. The molecular formula is C25H49NO3. The number of carbonyl (C=O) groups is 2. The van der Waals surface area contributed by atoms with Gasteiger partial charge in [-0.3, -0.25) is 9.59 Å².